The number of carbonyl (C=O) groups excluding carboxylic acids is 1. The van der Waals surface area contributed by atoms with Gasteiger partial charge in [0.1, 0.15) is 5.82 Å². The molecule has 5 rings (SSSR count). The van der Waals surface area contributed by atoms with Gasteiger partial charge in [-0.2, -0.15) is 0 Å². The van der Waals surface area contributed by atoms with Crippen molar-refractivity contribution in [2.45, 2.75) is 52.9 Å². The summed E-state index contributed by atoms with van der Waals surface area (Å²) in [6.45, 7) is 7.96. The van der Waals surface area contributed by atoms with E-state index in [0.717, 1.165) is 37.8 Å². The van der Waals surface area contributed by atoms with Crippen LogP contribution >= 0.6 is 0 Å². The second-order valence-corrected chi connectivity index (χ2v) is 10.3. The summed E-state index contributed by atoms with van der Waals surface area (Å²) < 4.78 is 13.9. The zero-order valence-corrected chi connectivity index (χ0v) is 17.7. The fourth-order valence-electron chi connectivity index (χ4n) is 7.49. The van der Waals surface area contributed by atoms with Gasteiger partial charge in [0.2, 0.25) is 5.91 Å². The van der Waals surface area contributed by atoms with Crippen LogP contribution in [0.3, 0.4) is 0 Å². The van der Waals surface area contributed by atoms with Crippen LogP contribution in [0.2, 0.25) is 0 Å². The van der Waals surface area contributed by atoms with Crippen molar-refractivity contribution in [1.82, 2.24) is 10.3 Å². The first kappa shape index (κ1) is 19.0. The van der Waals surface area contributed by atoms with Crippen LogP contribution < -0.4 is 5.32 Å². The Balaban J connectivity index is 1.51. The Morgan fingerprint density at radius 3 is 2.79 bits per heavy atom. The van der Waals surface area contributed by atoms with E-state index in [1.807, 2.05) is 12.3 Å². The Hall–Kier alpha value is -1.97. The summed E-state index contributed by atoms with van der Waals surface area (Å²) in [5.74, 6) is 2.22. The van der Waals surface area contributed by atoms with Gasteiger partial charge >= 0.3 is 0 Å². The highest BCUT2D eigenvalue weighted by atomic mass is 19.1. The van der Waals surface area contributed by atoms with E-state index in [1.54, 1.807) is 6.07 Å². The Morgan fingerprint density at radius 2 is 2.00 bits per heavy atom. The molecule has 0 bridgehead atoms. The predicted octanol–water partition coefficient (Wildman–Crippen LogP) is 5.15. The van der Waals surface area contributed by atoms with Crippen molar-refractivity contribution in [1.29, 1.82) is 0 Å². The van der Waals surface area contributed by atoms with Crippen molar-refractivity contribution in [2.24, 2.45) is 34.5 Å². The average Bonchev–Trinajstić information content (AvgIpc) is 2.94. The van der Waals surface area contributed by atoms with Crippen LogP contribution in [-0.2, 0) is 4.79 Å². The van der Waals surface area contributed by atoms with Crippen LogP contribution in [0.15, 0.2) is 36.2 Å². The Kier molecular flexibility index (Phi) is 4.27. The zero-order valence-electron chi connectivity index (χ0n) is 17.7. The maximum Gasteiger partial charge on any atom is 0.243 e. The molecule has 3 nitrogen and oxygen atoms in total. The Labute approximate surface area is 172 Å². The van der Waals surface area contributed by atoms with Gasteiger partial charge in [0.25, 0.3) is 0 Å². The van der Waals surface area contributed by atoms with E-state index in [4.69, 9.17) is 0 Å². The van der Waals surface area contributed by atoms with Crippen LogP contribution in [0.25, 0.3) is 5.57 Å². The van der Waals surface area contributed by atoms with E-state index in [0.29, 0.717) is 23.7 Å². The molecular weight excluding hydrogens is 363 g/mol. The first-order valence-corrected chi connectivity index (χ1v) is 11.1. The standard InChI is InChI=1S/C25H31FN2O/c1-15-10-17-12-22(29)28-9-8-24(17,2)21-6-7-25(3)19(4-5-20(25)23(15)21)16-11-18(26)14-27-13-16/h4,11-15,20-21,23H,5-10H2,1-3H3,(H,28,29). The number of halogens is 1. The molecule has 1 aromatic rings. The first-order chi connectivity index (χ1) is 13.8. The summed E-state index contributed by atoms with van der Waals surface area (Å²) in [5, 5.41) is 3.06. The van der Waals surface area contributed by atoms with Crippen molar-refractivity contribution in [2.75, 3.05) is 6.54 Å². The second-order valence-electron chi connectivity index (χ2n) is 10.3. The van der Waals surface area contributed by atoms with Gasteiger partial charge in [-0.3, -0.25) is 9.78 Å². The molecular formula is C25H31FN2O. The minimum absolute atomic E-state index is 0.0819. The lowest BCUT2D eigenvalue weighted by molar-refractivity contribution is -0.116. The highest BCUT2D eigenvalue weighted by molar-refractivity contribution is 5.88. The topological polar surface area (TPSA) is 42.0 Å². The number of aromatic nitrogens is 1. The number of nitrogens with one attached hydrogen (secondary N) is 1. The van der Waals surface area contributed by atoms with Gasteiger partial charge in [0.15, 0.2) is 0 Å². The molecule has 2 fully saturated rings. The summed E-state index contributed by atoms with van der Waals surface area (Å²) in [6.07, 6.45) is 12.8. The van der Waals surface area contributed by atoms with Gasteiger partial charge in [0.05, 0.1) is 6.20 Å². The summed E-state index contributed by atoms with van der Waals surface area (Å²) >= 11 is 0. The summed E-state index contributed by atoms with van der Waals surface area (Å²) in [7, 11) is 0. The highest BCUT2D eigenvalue weighted by Gasteiger charge is 2.58. The molecule has 0 spiro atoms. The summed E-state index contributed by atoms with van der Waals surface area (Å²) in [5.41, 5.74) is 3.81. The minimum Gasteiger partial charge on any atom is -0.353 e. The van der Waals surface area contributed by atoms with Crippen molar-refractivity contribution >= 4 is 11.5 Å². The van der Waals surface area contributed by atoms with Crippen LogP contribution in [0.1, 0.15) is 58.4 Å². The van der Waals surface area contributed by atoms with Crippen LogP contribution in [0.5, 0.6) is 0 Å². The summed E-state index contributed by atoms with van der Waals surface area (Å²) in [6, 6.07) is 1.65. The number of amides is 1. The third-order valence-corrected chi connectivity index (χ3v) is 8.93. The summed E-state index contributed by atoms with van der Waals surface area (Å²) in [4.78, 5) is 16.3. The molecule has 6 unspecified atom stereocenters. The van der Waals surface area contributed by atoms with Gasteiger partial charge in [-0.1, -0.05) is 32.4 Å². The number of hydrogen-bond donors (Lipinski definition) is 1. The molecule has 3 aliphatic carbocycles. The molecule has 0 aromatic carbocycles. The lowest BCUT2D eigenvalue weighted by Gasteiger charge is -2.59. The predicted molar refractivity (Wildman–Crippen MR) is 112 cm³/mol. The number of carbonyl (C=O) groups is 1. The van der Waals surface area contributed by atoms with Gasteiger partial charge in [-0.25, -0.2) is 4.39 Å². The van der Waals surface area contributed by atoms with Gasteiger partial charge < -0.3 is 5.32 Å². The quantitative estimate of drug-likeness (QED) is 0.716. The van der Waals surface area contributed by atoms with Gasteiger partial charge in [-0.05, 0) is 83.8 Å². The number of hydrogen-bond acceptors (Lipinski definition) is 2. The second kappa shape index (κ2) is 6.52. The SMILES string of the molecule is CC1CC2=CC(=O)NCCC2(C)C2CCC3(C)C(c4cncc(F)c4)=CCC3C12. The number of allylic oxidation sites excluding steroid dienone is 3. The lowest BCUT2D eigenvalue weighted by atomic mass is 9.45. The van der Waals surface area contributed by atoms with E-state index >= 15 is 0 Å². The van der Waals surface area contributed by atoms with E-state index in [2.05, 4.69) is 37.1 Å². The van der Waals surface area contributed by atoms with Crippen molar-refractivity contribution in [3.05, 3.63) is 47.6 Å². The molecule has 6 atom stereocenters. The number of rotatable bonds is 1. The molecule has 1 N–H and O–H groups in total. The van der Waals surface area contributed by atoms with Crippen LogP contribution in [-0.4, -0.2) is 17.4 Å². The van der Waals surface area contributed by atoms with Crippen molar-refractivity contribution < 1.29 is 9.18 Å². The van der Waals surface area contributed by atoms with E-state index in [9.17, 15) is 9.18 Å². The Morgan fingerprint density at radius 1 is 1.17 bits per heavy atom. The molecule has 0 saturated heterocycles. The largest absolute Gasteiger partial charge is 0.353 e. The molecule has 1 amide bonds. The third kappa shape index (κ3) is 2.74. The fourth-order valence-corrected chi connectivity index (χ4v) is 7.49. The maximum atomic E-state index is 13.9. The molecule has 2 saturated carbocycles. The molecule has 0 radical (unpaired) electrons. The number of fused-ring (bicyclic) bond motifs is 5. The lowest BCUT2D eigenvalue weighted by Crippen LogP contribution is -2.52. The first-order valence-electron chi connectivity index (χ1n) is 11.1. The highest BCUT2D eigenvalue weighted by Crippen LogP contribution is 2.67. The normalized spacial score (nSPS) is 41.3. The Bertz CT molecular complexity index is 921. The van der Waals surface area contributed by atoms with E-state index in [-0.39, 0.29) is 22.6 Å². The molecule has 1 aromatic heterocycles. The smallest absolute Gasteiger partial charge is 0.243 e. The van der Waals surface area contributed by atoms with Crippen LogP contribution in [0.4, 0.5) is 4.39 Å². The fraction of sp³-hybridized carbons (Fsp3) is 0.600. The van der Waals surface area contributed by atoms with E-state index in [1.165, 1.54) is 23.8 Å². The van der Waals surface area contributed by atoms with Gasteiger partial charge in [0, 0.05) is 18.8 Å². The van der Waals surface area contributed by atoms with Gasteiger partial charge in [-0.15, -0.1) is 0 Å². The number of pyridine rings is 1. The monoisotopic (exact) mass is 394 g/mol. The maximum absolute atomic E-state index is 13.9. The molecule has 29 heavy (non-hydrogen) atoms. The zero-order chi connectivity index (χ0) is 20.4. The molecule has 154 valence electrons. The van der Waals surface area contributed by atoms with Crippen molar-refractivity contribution in [3.63, 3.8) is 0 Å². The van der Waals surface area contributed by atoms with Crippen molar-refractivity contribution in [3.8, 4) is 0 Å². The molecule has 4 heteroatoms. The molecule has 4 aliphatic rings. The molecule has 1 aliphatic heterocycles. The third-order valence-electron chi connectivity index (χ3n) is 8.93. The molecule has 2 heterocycles. The average molecular weight is 395 g/mol. The van der Waals surface area contributed by atoms with Crippen LogP contribution in [0, 0.1) is 40.3 Å². The van der Waals surface area contributed by atoms with E-state index < -0.39 is 0 Å². The number of nitrogens with zero attached hydrogens (tertiary/aromatic N) is 1. The minimum atomic E-state index is -0.256.